The van der Waals surface area contributed by atoms with Crippen molar-refractivity contribution in [1.29, 1.82) is 0 Å². The van der Waals surface area contributed by atoms with Gasteiger partial charge in [0, 0.05) is 25.0 Å². The van der Waals surface area contributed by atoms with Gasteiger partial charge in [-0.1, -0.05) is 0 Å². The van der Waals surface area contributed by atoms with Crippen molar-refractivity contribution in [1.82, 2.24) is 14.6 Å². The van der Waals surface area contributed by atoms with Crippen LogP contribution >= 0.6 is 0 Å². The number of aryl methyl sites for hydroxylation is 1. The van der Waals surface area contributed by atoms with Crippen LogP contribution in [0, 0.1) is 6.92 Å². The Morgan fingerprint density at radius 1 is 1.50 bits per heavy atom. The minimum absolute atomic E-state index is 0.795. The maximum atomic E-state index is 4.23. The summed E-state index contributed by atoms with van der Waals surface area (Å²) >= 11 is 0. The molecule has 2 aromatic heterocycles. The molecule has 0 fully saturated rings. The molecule has 0 atom stereocenters. The van der Waals surface area contributed by atoms with Gasteiger partial charge in [0.05, 0.1) is 0 Å². The quantitative estimate of drug-likeness (QED) is 0.682. The van der Waals surface area contributed by atoms with Crippen molar-refractivity contribution in [3.8, 4) is 0 Å². The first kappa shape index (κ1) is 7.09. The average Bonchev–Trinajstić information content (AvgIpc) is 2.43. The van der Waals surface area contributed by atoms with Crippen LogP contribution in [0.5, 0.6) is 0 Å². The summed E-state index contributed by atoms with van der Waals surface area (Å²) in [5.74, 6) is 0.795. The van der Waals surface area contributed by atoms with E-state index in [1.807, 2.05) is 32.3 Å². The van der Waals surface area contributed by atoms with Crippen LogP contribution in [0.1, 0.15) is 5.82 Å². The number of fused-ring (bicyclic) bond motifs is 1. The van der Waals surface area contributed by atoms with Crippen molar-refractivity contribution < 1.29 is 0 Å². The Kier molecular flexibility index (Phi) is 1.46. The van der Waals surface area contributed by atoms with Crippen molar-refractivity contribution >= 4 is 11.3 Å². The smallest absolute Gasteiger partial charge is 0.157 e. The molecule has 0 aliphatic carbocycles. The van der Waals surface area contributed by atoms with Crippen molar-refractivity contribution in [2.75, 3.05) is 12.4 Å². The third kappa shape index (κ3) is 1.01. The summed E-state index contributed by atoms with van der Waals surface area (Å²) in [5, 5.41) is 7.21. The number of nitrogens with one attached hydrogen (secondary N) is 1. The van der Waals surface area contributed by atoms with Crippen LogP contribution in [0.25, 0.3) is 5.65 Å². The first-order valence-electron chi connectivity index (χ1n) is 3.80. The second-order valence-corrected chi connectivity index (χ2v) is 2.63. The molecule has 2 aromatic rings. The molecule has 2 rings (SSSR count). The van der Waals surface area contributed by atoms with E-state index >= 15 is 0 Å². The second kappa shape index (κ2) is 2.48. The summed E-state index contributed by atoms with van der Waals surface area (Å²) in [4.78, 5) is 4.23. The van der Waals surface area contributed by atoms with Gasteiger partial charge < -0.3 is 5.32 Å². The van der Waals surface area contributed by atoms with E-state index in [4.69, 9.17) is 0 Å². The van der Waals surface area contributed by atoms with Crippen molar-refractivity contribution in [2.45, 2.75) is 6.92 Å². The fourth-order valence-electron chi connectivity index (χ4n) is 1.15. The molecular formula is C8H10N4. The average molecular weight is 162 g/mol. The molecule has 0 spiro atoms. The summed E-state index contributed by atoms with van der Waals surface area (Å²) in [5.41, 5.74) is 1.93. The van der Waals surface area contributed by atoms with E-state index in [9.17, 15) is 0 Å². The first-order chi connectivity index (χ1) is 5.79. The van der Waals surface area contributed by atoms with Crippen molar-refractivity contribution in [3.05, 3.63) is 24.2 Å². The molecule has 4 heteroatoms. The van der Waals surface area contributed by atoms with Crippen LogP contribution in [0.4, 0.5) is 5.69 Å². The maximum Gasteiger partial charge on any atom is 0.157 e. The number of rotatable bonds is 1. The van der Waals surface area contributed by atoms with Gasteiger partial charge in [-0.3, -0.25) is 0 Å². The Balaban J connectivity index is 2.66. The van der Waals surface area contributed by atoms with Crippen LogP contribution < -0.4 is 5.32 Å². The molecule has 0 amide bonds. The van der Waals surface area contributed by atoms with E-state index in [-0.39, 0.29) is 0 Å². The lowest BCUT2D eigenvalue weighted by Crippen LogP contribution is -1.91. The lowest BCUT2D eigenvalue weighted by Gasteiger charge is -1.97. The molecule has 4 nitrogen and oxygen atoms in total. The molecule has 2 heterocycles. The maximum absolute atomic E-state index is 4.23. The normalized spacial score (nSPS) is 10.5. The Morgan fingerprint density at radius 3 is 3.08 bits per heavy atom. The largest absolute Gasteiger partial charge is 0.388 e. The minimum Gasteiger partial charge on any atom is -0.388 e. The van der Waals surface area contributed by atoms with Gasteiger partial charge in [0.1, 0.15) is 5.82 Å². The molecule has 0 bridgehead atoms. The molecule has 0 unspecified atom stereocenters. The predicted octanol–water partition coefficient (Wildman–Crippen LogP) is 1.08. The highest BCUT2D eigenvalue weighted by molar-refractivity contribution is 5.53. The number of pyridine rings is 1. The van der Waals surface area contributed by atoms with Crippen LogP contribution in [0.3, 0.4) is 0 Å². The van der Waals surface area contributed by atoms with Crippen LogP contribution in [-0.4, -0.2) is 21.6 Å². The fourth-order valence-corrected chi connectivity index (χ4v) is 1.15. The zero-order chi connectivity index (χ0) is 8.55. The van der Waals surface area contributed by atoms with E-state index in [0.29, 0.717) is 0 Å². The van der Waals surface area contributed by atoms with Crippen LogP contribution in [0.2, 0.25) is 0 Å². The fraction of sp³-hybridized carbons (Fsp3) is 0.250. The van der Waals surface area contributed by atoms with E-state index < -0.39 is 0 Å². The number of anilines is 1. The molecular weight excluding hydrogens is 152 g/mol. The molecule has 0 saturated heterocycles. The zero-order valence-corrected chi connectivity index (χ0v) is 7.07. The molecule has 1 N–H and O–H groups in total. The highest BCUT2D eigenvalue weighted by Gasteiger charge is 1.98. The summed E-state index contributed by atoms with van der Waals surface area (Å²) in [6, 6.07) is 3.92. The third-order valence-corrected chi connectivity index (χ3v) is 1.73. The van der Waals surface area contributed by atoms with Gasteiger partial charge in [0.25, 0.3) is 0 Å². The van der Waals surface area contributed by atoms with Gasteiger partial charge in [-0.15, -0.1) is 0 Å². The summed E-state index contributed by atoms with van der Waals surface area (Å²) in [7, 11) is 1.88. The number of nitrogens with zero attached hydrogens (tertiary/aromatic N) is 3. The van der Waals surface area contributed by atoms with E-state index in [1.54, 1.807) is 4.52 Å². The van der Waals surface area contributed by atoms with Gasteiger partial charge in [0.2, 0.25) is 0 Å². The van der Waals surface area contributed by atoms with E-state index in [1.165, 1.54) is 0 Å². The number of aromatic nitrogens is 3. The van der Waals surface area contributed by atoms with E-state index in [0.717, 1.165) is 17.2 Å². The molecule has 0 radical (unpaired) electrons. The highest BCUT2D eigenvalue weighted by atomic mass is 15.3. The molecule has 0 aliphatic rings. The van der Waals surface area contributed by atoms with Crippen LogP contribution in [0.15, 0.2) is 18.3 Å². The summed E-state index contributed by atoms with van der Waals surface area (Å²) in [6.45, 7) is 1.88. The standard InChI is InChI=1S/C8H10N4/c1-6-10-8-5-7(9-2)3-4-12(8)11-6/h3-5,9H,1-2H3. The monoisotopic (exact) mass is 162 g/mol. The van der Waals surface area contributed by atoms with Gasteiger partial charge in [-0.25, -0.2) is 9.50 Å². The van der Waals surface area contributed by atoms with Crippen molar-refractivity contribution in [2.24, 2.45) is 0 Å². The summed E-state index contributed by atoms with van der Waals surface area (Å²) in [6.07, 6.45) is 1.89. The van der Waals surface area contributed by atoms with Gasteiger partial charge in [0.15, 0.2) is 5.65 Å². The SMILES string of the molecule is CNc1ccn2nc(C)nc2c1. The predicted molar refractivity (Wildman–Crippen MR) is 47.3 cm³/mol. The van der Waals surface area contributed by atoms with Gasteiger partial charge in [-0.05, 0) is 13.0 Å². The Labute approximate surface area is 70.2 Å². The molecule has 0 saturated carbocycles. The minimum atomic E-state index is 0.795. The Morgan fingerprint density at radius 2 is 2.33 bits per heavy atom. The van der Waals surface area contributed by atoms with Gasteiger partial charge in [-0.2, -0.15) is 5.10 Å². The molecule has 62 valence electrons. The number of hydrogen-bond acceptors (Lipinski definition) is 3. The zero-order valence-electron chi connectivity index (χ0n) is 7.07. The third-order valence-electron chi connectivity index (χ3n) is 1.73. The Hall–Kier alpha value is -1.58. The molecule has 0 aliphatic heterocycles. The van der Waals surface area contributed by atoms with E-state index in [2.05, 4.69) is 15.4 Å². The lowest BCUT2D eigenvalue weighted by atomic mass is 10.4. The summed E-state index contributed by atoms with van der Waals surface area (Å²) < 4.78 is 1.76. The Bertz CT molecular complexity index is 404. The molecule has 0 aromatic carbocycles. The highest BCUT2D eigenvalue weighted by Crippen LogP contribution is 2.08. The van der Waals surface area contributed by atoms with Crippen molar-refractivity contribution in [3.63, 3.8) is 0 Å². The van der Waals surface area contributed by atoms with Crippen LogP contribution in [-0.2, 0) is 0 Å². The second-order valence-electron chi connectivity index (χ2n) is 2.63. The topological polar surface area (TPSA) is 42.2 Å². The first-order valence-corrected chi connectivity index (χ1v) is 3.80. The number of hydrogen-bond donors (Lipinski definition) is 1. The van der Waals surface area contributed by atoms with Gasteiger partial charge >= 0.3 is 0 Å². The lowest BCUT2D eigenvalue weighted by molar-refractivity contribution is 0.931. The molecule has 12 heavy (non-hydrogen) atoms.